The predicted octanol–water partition coefficient (Wildman–Crippen LogP) is 5.96. The molecule has 3 rings (SSSR count). The molecule has 1 aliphatic rings. The fourth-order valence-electron chi connectivity index (χ4n) is 3.68. The van der Waals surface area contributed by atoms with E-state index in [4.69, 9.17) is 27.2 Å². The van der Waals surface area contributed by atoms with E-state index in [0.717, 1.165) is 31.1 Å². The van der Waals surface area contributed by atoms with Crippen LogP contribution in [0.1, 0.15) is 98.1 Å². The van der Waals surface area contributed by atoms with Crippen LogP contribution >= 0.6 is 11.6 Å². The average Bonchev–Trinajstić information content (AvgIpc) is 3.39. The summed E-state index contributed by atoms with van der Waals surface area (Å²) in [6.45, 7) is 8.10. The van der Waals surface area contributed by atoms with Gasteiger partial charge in [-0.25, -0.2) is 4.98 Å². The summed E-state index contributed by atoms with van der Waals surface area (Å²) in [6, 6.07) is 1.85. The summed E-state index contributed by atoms with van der Waals surface area (Å²) in [4.78, 5) is 18.3. The molecule has 8 nitrogen and oxygen atoms in total. The van der Waals surface area contributed by atoms with E-state index in [-0.39, 0.29) is 18.1 Å². The summed E-state index contributed by atoms with van der Waals surface area (Å²) >= 11 is 5.85. The maximum absolute atomic E-state index is 10.1. The van der Waals surface area contributed by atoms with E-state index in [9.17, 15) is 9.90 Å². The number of hydrogen-bond donors (Lipinski definition) is 3. The first-order valence-electron chi connectivity index (χ1n) is 12.1. The molecule has 1 unspecified atom stereocenters. The molecule has 1 fully saturated rings. The van der Waals surface area contributed by atoms with Gasteiger partial charge in [0.05, 0.1) is 17.6 Å². The predicted molar refractivity (Wildman–Crippen MR) is 133 cm³/mol. The molecule has 2 aromatic rings. The van der Waals surface area contributed by atoms with Gasteiger partial charge in [-0.15, -0.1) is 0 Å². The minimum Gasteiger partial charge on any atom is -0.481 e. The molecule has 2 atom stereocenters. The third-order valence-corrected chi connectivity index (χ3v) is 5.72. The van der Waals surface area contributed by atoms with Crippen LogP contribution in [0.3, 0.4) is 0 Å². The SMILES string of the molecule is CC.CCCCCCCCCC(=O)O.C[C@@]1(CO)CCC(n2ccc3c(N)nc(Cl)nc32)O1. The molecule has 0 aromatic carbocycles. The van der Waals surface area contributed by atoms with Crippen molar-refractivity contribution >= 4 is 34.4 Å². The topological polar surface area (TPSA) is 123 Å². The monoisotopic (exact) mass is 484 g/mol. The Morgan fingerprint density at radius 2 is 1.88 bits per heavy atom. The van der Waals surface area contributed by atoms with Crippen molar-refractivity contribution in [3.63, 3.8) is 0 Å². The van der Waals surface area contributed by atoms with E-state index in [1.807, 2.05) is 37.6 Å². The van der Waals surface area contributed by atoms with Crippen molar-refractivity contribution in [2.45, 2.75) is 104 Å². The molecule has 1 saturated heterocycles. The van der Waals surface area contributed by atoms with Crippen LogP contribution in [0.25, 0.3) is 11.0 Å². The second kappa shape index (κ2) is 15.1. The van der Waals surface area contributed by atoms with Gasteiger partial charge in [0.2, 0.25) is 5.28 Å². The maximum Gasteiger partial charge on any atom is 0.303 e. The zero-order valence-electron chi connectivity index (χ0n) is 20.5. The second-order valence-electron chi connectivity index (χ2n) is 8.32. The smallest absolute Gasteiger partial charge is 0.303 e. The number of carboxylic acid groups (broad SMARTS) is 1. The number of aliphatic hydroxyl groups is 1. The number of anilines is 1. The van der Waals surface area contributed by atoms with Crippen LogP contribution < -0.4 is 5.73 Å². The maximum atomic E-state index is 10.1. The summed E-state index contributed by atoms with van der Waals surface area (Å²) in [5.74, 6) is -0.305. The zero-order valence-corrected chi connectivity index (χ0v) is 21.3. The molecule has 0 saturated carbocycles. The number of nitrogens with two attached hydrogens (primary N) is 1. The number of carboxylic acids is 1. The molecule has 3 heterocycles. The Labute approximate surface area is 202 Å². The summed E-state index contributed by atoms with van der Waals surface area (Å²) in [7, 11) is 0. The van der Waals surface area contributed by atoms with Crippen molar-refractivity contribution < 1.29 is 19.7 Å². The third-order valence-electron chi connectivity index (χ3n) is 5.55. The molecule has 0 radical (unpaired) electrons. The quantitative estimate of drug-likeness (QED) is 0.280. The molecule has 33 heavy (non-hydrogen) atoms. The molecule has 0 spiro atoms. The molecule has 0 bridgehead atoms. The lowest BCUT2D eigenvalue weighted by atomic mass is 10.0. The standard InChI is InChI=1S/C12H15ClN4O2.C10H20O2.C2H6/c1-12(6-18)4-2-8(19-12)17-5-3-7-9(14)15-11(13)16-10(7)17;1-2-3-4-5-6-7-8-9-10(11)12;1-2/h3,5,8,18H,2,4,6H2,1H3,(H2,14,15,16);2-9H2,1H3,(H,11,12);1-2H3/t8?,12-;;/m0../s1. The Morgan fingerprint density at radius 3 is 2.45 bits per heavy atom. The number of hydrogen-bond acceptors (Lipinski definition) is 6. The highest BCUT2D eigenvalue weighted by atomic mass is 35.5. The molecular formula is C24H41ClN4O4. The van der Waals surface area contributed by atoms with E-state index in [0.29, 0.717) is 17.9 Å². The van der Waals surface area contributed by atoms with Gasteiger partial charge in [0.1, 0.15) is 17.7 Å². The highest BCUT2D eigenvalue weighted by Gasteiger charge is 2.36. The molecule has 2 aromatic heterocycles. The van der Waals surface area contributed by atoms with Crippen LogP contribution in [0, 0.1) is 0 Å². The summed E-state index contributed by atoms with van der Waals surface area (Å²) < 4.78 is 7.79. The third kappa shape index (κ3) is 9.47. The largest absolute Gasteiger partial charge is 0.481 e. The molecular weight excluding hydrogens is 444 g/mol. The Bertz CT molecular complexity index is 845. The Hall–Kier alpha value is -1.90. The minimum absolute atomic E-state index is 0.000576. The number of aliphatic carboxylic acids is 1. The fraction of sp³-hybridized carbons (Fsp3) is 0.708. The van der Waals surface area contributed by atoms with Crippen LogP contribution in [0.4, 0.5) is 5.82 Å². The number of fused-ring (bicyclic) bond motifs is 1. The summed E-state index contributed by atoms with van der Waals surface area (Å²) in [5.41, 5.74) is 5.98. The minimum atomic E-state index is -0.663. The molecule has 0 aliphatic carbocycles. The normalized spacial score (nSPS) is 19.5. The number of unbranched alkanes of at least 4 members (excludes halogenated alkanes) is 6. The van der Waals surface area contributed by atoms with Gasteiger partial charge in [0.15, 0.2) is 0 Å². The van der Waals surface area contributed by atoms with E-state index in [1.54, 1.807) is 0 Å². The average molecular weight is 485 g/mol. The summed E-state index contributed by atoms with van der Waals surface area (Å²) in [5, 5.41) is 18.6. The highest BCUT2D eigenvalue weighted by molar-refractivity contribution is 6.28. The highest BCUT2D eigenvalue weighted by Crippen LogP contribution is 2.37. The van der Waals surface area contributed by atoms with Crippen molar-refractivity contribution in [1.29, 1.82) is 0 Å². The van der Waals surface area contributed by atoms with Gasteiger partial charge < -0.3 is 25.3 Å². The van der Waals surface area contributed by atoms with Gasteiger partial charge in [-0.3, -0.25) is 4.79 Å². The van der Waals surface area contributed by atoms with E-state index < -0.39 is 11.6 Å². The van der Waals surface area contributed by atoms with Crippen molar-refractivity contribution in [3.8, 4) is 0 Å². The fourth-order valence-corrected chi connectivity index (χ4v) is 3.85. The number of carbonyl (C=O) groups is 1. The lowest BCUT2D eigenvalue weighted by Crippen LogP contribution is -2.28. The Balaban J connectivity index is 0.000000339. The number of rotatable bonds is 10. The first kappa shape index (κ1) is 29.1. The van der Waals surface area contributed by atoms with Gasteiger partial charge in [-0.2, -0.15) is 4.98 Å². The van der Waals surface area contributed by atoms with Crippen LogP contribution in [0.5, 0.6) is 0 Å². The zero-order chi connectivity index (χ0) is 24.9. The van der Waals surface area contributed by atoms with E-state index >= 15 is 0 Å². The number of nitrogens with zero attached hydrogens (tertiary/aromatic N) is 3. The molecule has 0 amide bonds. The number of nitrogen functional groups attached to an aromatic ring is 1. The number of ether oxygens (including phenoxy) is 1. The van der Waals surface area contributed by atoms with Crippen LogP contribution in [-0.2, 0) is 9.53 Å². The van der Waals surface area contributed by atoms with Crippen LogP contribution in [0.2, 0.25) is 5.28 Å². The lowest BCUT2D eigenvalue weighted by molar-refractivity contribution is -0.137. The second-order valence-corrected chi connectivity index (χ2v) is 8.66. The van der Waals surface area contributed by atoms with Gasteiger partial charge >= 0.3 is 5.97 Å². The first-order valence-corrected chi connectivity index (χ1v) is 12.5. The van der Waals surface area contributed by atoms with Gasteiger partial charge in [0.25, 0.3) is 0 Å². The van der Waals surface area contributed by atoms with Gasteiger partial charge in [0, 0.05) is 12.6 Å². The van der Waals surface area contributed by atoms with Crippen molar-refractivity contribution in [2.75, 3.05) is 12.3 Å². The molecule has 4 N–H and O–H groups in total. The Kier molecular flexibility index (Phi) is 13.3. The first-order chi connectivity index (χ1) is 15.8. The van der Waals surface area contributed by atoms with Crippen molar-refractivity contribution in [1.82, 2.24) is 14.5 Å². The van der Waals surface area contributed by atoms with E-state index in [2.05, 4.69) is 16.9 Å². The lowest BCUT2D eigenvalue weighted by Gasteiger charge is -2.22. The molecule has 9 heteroatoms. The molecule has 188 valence electrons. The summed E-state index contributed by atoms with van der Waals surface area (Å²) in [6.07, 6.45) is 11.9. The Morgan fingerprint density at radius 1 is 1.24 bits per heavy atom. The van der Waals surface area contributed by atoms with Gasteiger partial charge in [-0.1, -0.05) is 59.3 Å². The van der Waals surface area contributed by atoms with Crippen LogP contribution in [0.15, 0.2) is 12.3 Å². The van der Waals surface area contributed by atoms with Crippen molar-refractivity contribution in [2.24, 2.45) is 0 Å². The number of aliphatic hydroxyl groups excluding tert-OH is 1. The van der Waals surface area contributed by atoms with E-state index in [1.165, 1.54) is 32.1 Å². The number of halogens is 1. The van der Waals surface area contributed by atoms with Crippen molar-refractivity contribution in [3.05, 3.63) is 17.5 Å². The van der Waals surface area contributed by atoms with Crippen LogP contribution in [-0.4, -0.2) is 42.9 Å². The van der Waals surface area contributed by atoms with Gasteiger partial charge in [-0.05, 0) is 43.9 Å². The molecule has 1 aliphatic heterocycles. The number of aromatic nitrogens is 3.